The molecule has 1 aromatic heterocycles. The van der Waals surface area contributed by atoms with Crippen molar-refractivity contribution in [3.8, 4) is 5.75 Å². The molecule has 4 rings (SSSR count). The first-order valence-corrected chi connectivity index (χ1v) is 11.4. The van der Waals surface area contributed by atoms with Crippen LogP contribution in [0.4, 0.5) is 5.69 Å². The standard InChI is InChI=1S/C25H22ClNO4S/c1-14(2)31-19-10-9-16(12-15(19)3)23(28)21-22(20-8-5-11-32-20)27(25(30)24(21)29)18-7-4-6-17(26)13-18/h4-14,22,28H,1-3H3/b23-21-. The lowest BCUT2D eigenvalue weighted by Gasteiger charge is -2.24. The summed E-state index contributed by atoms with van der Waals surface area (Å²) in [7, 11) is 0. The number of rotatable bonds is 5. The average molecular weight is 468 g/mol. The van der Waals surface area contributed by atoms with Crippen molar-refractivity contribution in [2.45, 2.75) is 32.9 Å². The monoisotopic (exact) mass is 467 g/mol. The van der Waals surface area contributed by atoms with Crippen LogP contribution < -0.4 is 9.64 Å². The van der Waals surface area contributed by atoms with E-state index >= 15 is 0 Å². The number of ketones is 1. The van der Waals surface area contributed by atoms with E-state index in [-0.39, 0.29) is 17.4 Å². The van der Waals surface area contributed by atoms with Gasteiger partial charge < -0.3 is 9.84 Å². The molecule has 0 aliphatic carbocycles. The maximum Gasteiger partial charge on any atom is 0.300 e. The number of hydrogen-bond donors (Lipinski definition) is 1. The van der Waals surface area contributed by atoms with Crippen molar-refractivity contribution < 1.29 is 19.4 Å². The number of amides is 1. The number of hydrogen-bond acceptors (Lipinski definition) is 5. The van der Waals surface area contributed by atoms with Gasteiger partial charge in [0.25, 0.3) is 11.7 Å². The van der Waals surface area contributed by atoms with Gasteiger partial charge in [0, 0.05) is 21.2 Å². The lowest BCUT2D eigenvalue weighted by molar-refractivity contribution is -0.132. The summed E-state index contributed by atoms with van der Waals surface area (Å²) in [4.78, 5) is 28.4. The molecule has 1 amide bonds. The number of nitrogens with zero attached hydrogens (tertiary/aromatic N) is 1. The molecule has 3 aromatic rings. The van der Waals surface area contributed by atoms with Crippen molar-refractivity contribution in [2.24, 2.45) is 0 Å². The molecule has 7 heteroatoms. The largest absolute Gasteiger partial charge is 0.507 e. The molecule has 0 spiro atoms. The number of aliphatic hydroxyl groups excluding tert-OH is 1. The van der Waals surface area contributed by atoms with Crippen LogP contribution in [-0.2, 0) is 9.59 Å². The zero-order chi connectivity index (χ0) is 23.0. The van der Waals surface area contributed by atoms with Crippen molar-refractivity contribution >= 4 is 46.1 Å². The first-order chi connectivity index (χ1) is 15.3. The van der Waals surface area contributed by atoms with Crippen LogP contribution in [0.15, 0.2) is 65.6 Å². The molecule has 1 fully saturated rings. The van der Waals surface area contributed by atoms with Gasteiger partial charge in [0.2, 0.25) is 0 Å². The molecule has 1 aliphatic heterocycles. The summed E-state index contributed by atoms with van der Waals surface area (Å²) in [5.74, 6) is -0.957. The van der Waals surface area contributed by atoms with E-state index in [1.165, 1.54) is 16.2 Å². The first kappa shape index (κ1) is 22.1. The number of anilines is 1. The Bertz CT molecular complexity index is 1220. The topological polar surface area (TPSA) is 66.8 Å². The second-order valence-electron chi connectivity index (χ2n) is 7.81. The highest BCUT2D eigenvalue weighted by Crippen LogP contribution is 2.44. The molecule has 1 atom stereocenters. The van der Waals surface area contributed by atoms with E-state index in [1.54, 1.807) is 42.5 Å². The third-order valence-corrected chi connectivity index (χ3v) is 6.31. The summed E-state index contributed by atoms with van der Waals surface area (Å²) in [6.45, 7) is 5.74. The minimum absolute atomic E-state index is 0.00926. The number of aryl methyl sites for hydroxylation is 1. The van der Waals surface area contributed by atoms with Crippen molar-refractivity contribution in [1.29, 1.82) is 0 Å². The van der Waals surface area contributed by atoms with Crippen LogP contribution in [-0.4, -0.2) is 22.9 Å². The molecule has 1 aliphatic rings. The highest BCUT2D eigenvalue weighted by Gasteiger charge is 2.47. The number of carbonyl (C=O) groups excluding carboxylic acids is 2. The normalized spacial score (nSPS) is 17.9. The van der Waals surface area contributed by atoms with Gasteiger partial charge in [-0.25, -0.2) is 0 Å². The number of aliphatic hydroxyl groups is 1. The van der Waals surface area contributed by atoms with Gasteiger partial charge >= 0.3 is 0 Å². The van der Waals surface area contributed by atoms with Crippen LogP contribution in [0.3, 0.4) is 0 Å². The molecule has 1 unspecified atom stereocenters. The summed E-state index contributed by atoms with van der Waals surface area (Å²) in [6.07, 6.45) is 0.00926. The third kappa shape index (κ3) is 4.04. The van der Waals surface area contributed by atoms with E-state index < -0.39 is 17.7 Å². The van der Waals surface area contributed by atoms with Crippen LogP contribution in [0.5, 0.6) is 5.75 Å². The minimum atomic E-state index is -0.750. The van der Waals surface area contributed by atoms with Gasteiger partial charge in [-0.05, 0) is 74.2 Å². The van der Waals surface area contributed by atoms with Crippen molar-refractivity contribution in [3.05, 3.63) is 86.6 Å². The van der Waals surface area contributed by atoms with Crippen LogP contribution in [0.2, 0.25) is 5.02 Å². The number of carbonyl (C=O) groups is 2. The van der Waals surface area contributed by atoms with Crippen LogP contribution in [0, 0.1) is 6.92 Å². The molecule has 164 valence electrons. The maximum absolute atomic E-state index is 13.1. The third-order valence-electron chi connectivity index (χ3n) is 5.15. The molecule has 0 saturated carbocycles. The average Bonchev–Trinajstić information content (AvgIpc) is 3.36. The van der Waals surface area contributed by atoms with Gasteiger partial charge in [-0.2, -0.15) is 0 Å². The van der Waals surface area contributed by atoms with E-state index in [9.17, 15) is 14.7 Å². The quantitative estimate of drug-likeness (QED) is 0.278. The summed E-state index contributed by atoms with van der Waals surface area (Å²) < 4.78 is 5.77. The zero-order valence-corrected chi connectivity index (χ0v) is 19.4. The van der Waals surface area contributed by atoms with Gasteiger partial charge in [0.15, 0.2) is 0 Å². The lowest BCUT2D eigenvalue weighted by atomic mass is 9.98. The van der Waals surface area contributed by atoms with E-state index in [2.05, 4.69) is 0 Å². The second-order valence-corrected chi connectivity index (χ2v) is 9.23. The van der Waals surface area contributed by atoms with Crippen molar-refractivity contribution in [1.82, 2.24) is 0 Å². The molecular weight excluding hydrogens is 446 g/mol. The molecule has 5 nitrogen and oxygen atoms in total. The molecule has 2 aromatic carbocycles. The van der Waals surface area contributed by atoms with Gasteiger partial charge in [0.1, 0.15) is 17.6 Å². The van der Waals surface area contributed by atoms with Crippen molar-refractivity contribution in [3.63, 3.8) is 0 Å². The summed E-state index contributed by atoms with van der Waals surface area (Å²) in [5, 5.41) is 13.5. The molecular formula is C25H22ClNO4S. The first-order valence-electron chi connectivity index (χ1n) is 10.2. The van der Waals surface area contributed by atoms with E-state index in [0.29, 0.717) is 22.0 Å². The number of benzene rings is 2. The highest BCUT2D eigenvalue weighted by atomic mass is 35.5. The van der Waals surface area contributed by atoms with Crippen molar-refractivity contribution in [2.75, 3.05) is 4.90 Å². The number of Topliss-reactive ketones (excluding diaryl/α,β-unsaturated/α-hetero) is 1. The second kappa shape index (κ2) is 8.81. The number of thiophene rings is 1. The molecule has 0 radical (unpaired) electrons. The maximum atomic E-state index is 13.1. The van der Waals surface area contributed by atoms with Gasteiger partial charge in [-0.3, -0.25) is 14.5 Å². The van der Waals surface area contributed by atoms with Gasteiger partial charge in [-0.1, -0.05) is 23.7 Å². The van der Waals surface area contributed by atoms with Crippen LogP contribution in [0.1, 0.15) is 35.9 Å². The van der Waals surface area contributed by atoms with E-state index in [0.717, 1.165) is 10.4 Å². The predicted molar refractivity (Wildman–Crippen MR) is 127 cm³/mol. The van der Waals surface area contributed by atoms with Gasteiger partial charge in [-0.15, -0.1) is 11.3 Å². The Hall–Kier alpha value is -3.09. The number of ether oxygens (including phenoxy) is 1. The Labute approximate surface area is 195 Å². The summed E-state index contributed by atoms with van der Waals surface area (Å²) >= 11 is 7.56. The molecule has 1 N–H and O–H groups in total. The summed E-state index contributed by atoms with van der Waals surface area (Å²) in [5.41, 5.74) is 1.81. The molecule has 1 saturated heterocycles. The Morgan fingerprint density at radius 2 is 1.91 bits per heavy atom. The Balaban J connectivity index is 1.86. The molecule has 32 heavy (non-hydrogen) atoms. The van der Waals surface area contributed by atoms with Crippen LogP contribution in [0.25, 0.3) is 5.76 Å². The zero-order valence-electron chi connectivity index (χ0n) is 17.8. The Morgan fingerprint density at radius 1 is 1.12 bits per heavy atom. The minimum Gasteiger partial charge on any atom is -0.507 e. The lowest BCUT2D eigenvalue weighted by Crippen LogP contribution is -2.29. The fourth-order valence-corrected chi connectivity index (χ4v) is 4.79. The van der Waals surface area contributed by atoms with Gasteiger partial charge in [0.05, 0.1) is 11.7 Å². The number of halogens is 1. The highest BCUT2D eigenvalue weighted by molar-refractivity contribution is 7.10. The van der Waals surface area contributed by atoms with E-state index in [4.69, 9.17) is 16.3 Å². The fraction of sp³-hybridized carbons (Fsp3) is 0.200. The van der Waals surface area contributed by atoms with Crippen LogP contribution >= 0.6 is 22.9 Å². The molecule has 0 bridgehead atoms. The molecule has 2 heterocycles. The Morgan fingerprint density at radius 3 is 2.53 bits per heavy atom. The predicted octanol–water partition coefficient (Wildman–Crippen LogP) is 6.12. The van der Waals surface area contributed by atoms with E-state index in [1.807, 2.05) is 38.3 Å². The smallest absolute Gasteiger partial charge is 0.300 e. The fourth-order valence-electron chi connectivity index (χ4n) is 3.78. The summed E-state index contributed by atoms with van der Waals surface area (Å²) in [6, 6.07) is 14.9. The Kier molecular flexibility index (Phi) is 6.09. The SMILES string of the molecule is Cc1cc(/C(O)=C2/C(=O)C(=O)N(c3cccc(Cl)c3)C2c2cccs2)ccc1OC(C)C.